The van der Waals surface area contributed by atoms with Crippen LogP contribution in [-0.4, -0.2) is 50.9 Å². The van der Waals surface area contributed by atoms with E-state index in [2.05, 4.69) is 15.5 Å². The Labute approximate surface area is 132 Å². The molecule has 0 aromatic carbocycles. The van der Waals surface area contributed by atoms with Crippen molar-refractivity contribution in [1.82, 2.24) is 25.0 Å². The molecule has 0 spiro atoms. The van der Waals surface area contributed by atoms with Crippen LogP contribution in [0.4, 0.5) is 13.2 Å². The van der Waals surface area contributed by atoms with E-state index in [1.54, 1.807) is 0 Å². The van der Waals surface area contributed by atoms with Crippen LogP contribution < -0.4 is 5.32 Å². The zero-order valence-electron chi connectivity index (χ0n) is 12.9. The number of rotatable bonds is 4. The second kappa shape index (κ2) is 6.10. The highest BCUT2D eigenvalue weighted by Crippen LogP contribution is 2.23. The van der Waals surface area contributed by atoms with E-state index in [-0.39, 0.29) is 12.6 Å². The molecule has 23 heavy (non-hydrogen) atoms. The molecule has 1 aromatic rings. The summed E-state index contributed by atoms with van der Waals surface area (Å²) in [5.74, 6) is 1.20. The Hall–Kier alpha value is -1.64. The lowest BCUT2D eigenvalue weighted by Gasteiger charge is -2.22. The molecule has 0 bridgehead atoms. The van der Waals surface area contributed by atoms with Crippen molar-refractivity contribution in [3.05, 3.63) is 11.6 Å². The van der Waals surface area contributed by atoms with Crippen molar-refractivity contribution >= 4 is 5.91 Å². The number of nitrogens with one attached hydrogen (secondary N) is 1. The van der Waals surface area contributed by atoms with E-state index in [1.807, 2.05) is 11.5 Å². The molecular formula is C14H20F3N5O. The molecule has 1 amide bonds. The van der Waals surface area contributed by atoms with Gasteiger partial charge in [0.05, 0.1) is 12.1 Å². The van der Waals surface area contributed by atoms with E-state index in [0.29, 0.717) is 6.42 Å². The molecule has 3 rings (SSSR count). The Kier molecular flexibility index (Phi) is 4.31. The number of hydrogen-bond acceptors (Lipinski definition) is 4. The fourth-order valence-electron chi connectivity index (χ4n) is 3.29. The molecule has 2 aliphatic rings. The summed E-state index contributed by atoms with van der Waals surface area (Å²) >= 11 is 0. The first-order valence-electron chi connectivity index (χ1n) is 7.89. The van der Waals surface area contributed by atoms with E-state index in [4.69, 9.17) is 0 Å². The van der Waals surface area contributed by atoms with Crippen LogP contribution in [0.5, 0.6) is 0 Å². The van der Waals surface area contributed by atoms with Gasteiger partial charge in [-0.3, -0.25) is 10.1 Å². The number of amides is 1. The molecule has 0 unspecified atom stereocenters. The maximum absolute atomic E-state index is 12.4. The van der Waals surface area contributed by atoms with Gasteiger partial charge in [0.15, 0.2) is 0 Å². The lowest BCUT2D eigenvalue weighted by Crippen LogP contribution is -2.42. The third-order valence-electron chi connectivity index (χ3n) is 4.39. The lowest BCUT2D eigenvalue weighted by molar-refractivity contribution is -0.158. The number of carbonyl (C=O) groups excluding carboxylic acids is 1. The number of fused-ring (bicyclic) bond motifs is 1. The first kappa shape index (κ1) is 16.2. The quantitative estimate of drug-likeness (QED) is 0.907. The van der Waals surface area contributed by atoms with Crippen LogP contribution in [0.15, 0.2) is 0 Å². The average molecular weight is 331 g/mol. The van der Waals surface area contributed by atoms with E-state index < -0.39 is 24.7 Å². The van der Waals surface area contributed by atoms with Crippen LogP contribution in [0.2, 0.25) is 0 Å². The molecule has 1 fully saturated rings. The maximum Gasteiger partial charge on any atom is 0.406 e. The lowest BCUT2D eigenvalue weighted by atomic mass is 10.1. The van der Waals surface area contributed by atoms with Gasteiger partial charge in [-0.25, -0.2) is 0 Å². The second-order valence-corrected chi connectivity index (χ2v) is 6.19. The number of likely N-dealkylation sites (tertiary alicyclic amines) is 1. The number of halogens is 3. The summed E-state index contributed by atoms with van der Waals surface area (Å²) in [6, 6.07) is -0.821. The average Bonchev–Trinajstić information content (AvgIpc) is 3.04. The summed E-state index contributed by atoms with van der Waals surface area (Å²) in [6.45, 7) is 1.66. The fraction of sp³-hybridized carbons (Fsp3) is 0.786. The third kappa shape index (κ3) is 3.49. The molecule has 2 atom stereocenters. The van der Waals surface area contributed by atoms with Crippen LogP contribution in [0, 0.1) is 0 Å². The largest absolute Gasteiger partial charge is 0.406 e. The highest BCUT2D eigenvalue weighted by molar-refractivity contribution is 5.84. The first-order valence-corrected chi connectivity index (χ1v) is 7.89. The second-order valence-electron chi connectivity index (χ2n) is 6.19. The van der Waals surface area contributed by atoms with Crippen molar-refractivity contribution in [2.45, 2.75) is 57.4 Å². The summed E-state index contributed by atoms with van der Waals surface area (Å²) in [7, 11) is 0. The van der Waals surface area contributed by atoms with Crippen molar-refractivity contribution in [2.75, 3.05) is 13.1 Å². The predicted octanol–water partition coefficient (Wildman–Crippen LogP) is 1.43. The molecule has 2 aliphatic heterocycles. The number of carbonyl (C=O) groups is 1. The summed E-state index contributed by atoms with van der Waals surface area (Å²) in [6.07, 6.45) is -0.941. The van der Waals surface area contributed by atoms with Gasteiger partial charge in [-0.1, -0.05) is 0 Å². The van der Waals surface area contributed by atoms with Gasteiger partial charge in [-0.2, -0.15) is 13.2 Å². The van der Waals surface area contributed by atoms with Crippen LogP contribution >= 0.6 is 0 Å². The molecule has 1 saturated heterocycles. The van der Waals surface area contributed by atoms with Crippen molar-refractivity contribution in [3.63, 3.8) is 0 Å². The number of aromatic nitrogens is 3. The Morgan fingerprint density at radius 1 is 1.30 bits per heavy atom. The van der Waals surface area contributed by atoms with Crippen LogP contribution in [0.1, 0.15) is 43.9 Å². The van der Waals surface area contributed by atoms with Gasteiger partial charge in [0.1, 0.15) is 18.2 Å². The van der Waals surface area contributed by atoms with Gasteiger partial charge < -0.3 is 9.47 Å². The standard InChI is InChI=1S/C14H20F3N5O/c1-9(12-20-19-11-4-2-3-6-22(11)12)18-10-5-7-21(13(10)23)8-14(15,16)17/h9-10,18H,2-8H2,1H3/t9-,10+/m0/s1. The van der Waals surface area contributed by atoms with Crippen LogP contribution in [0.25, 0.3) is 0 Å². The topological polar surface area (TPSA) is 63.1 Å². The minimum Gasteiger partial charge on any atom is -0.332 e. The molecule has 1 N–H and O–H groups in total. The molecule has 0 saturated carbocycles. The summed E-state index contributed by atoms with van der Waals surface area (Å²) in [5, 5.41) is 11.5. The van der Waals surface area contributed by atoms with E-state index in [1.165, 1.54) is 0 Å². The molecule has 1 aromatic heterocycles. The Bertz CT molecular complexity index is 585. The Morgan fingerprint density at radius 2 is 2.09 bits per heavy atom. The van der Waals surface area contributed by atoms with E-state index >= 15 is 0 Å². The predicted molar refractivity (Wildman–Crippen MR) is 75.6 cm³/mol. The summed E-state index contributed by atoms with van der Waals surface area (Å²) in [5.41, 5.74) is 0. The van der Waals surface area contributed by atoms with E-state index in [9.17, 15) is 18.0 Å². The molecular weight excluding hydrogens is 311 g/mol. The highest BCUT2D eigenvalue weighted by atomic mass is 19.4. The van der Waals surface area contributed by atoms with Crippen molar-refractivity contribution in [3.8, 4) is 0 Å². The minimum atomic E-state index is -4.36. The van der Waals surface area contributed by atoms with Gasteiger partial charge in [0, 0.05) is 19.5 Å². The van der Waals surface area contributed by atoms with Crippen LogP contribution in [-0.2, 0) is 17.8 Å². The monoisotopic (exact) mass is 331 g/mol. The normalized spacial score (nSPS) is 23.2. The van der Waals surface area contributed by atoms with Gasteiger partial charge in [0.2, 0.25) is 5.91 Å². The van der Waals surface area contributed by atoms with Gasteiger partial charge in [-0.05, 0) is 26.2 Å². The van der Waals surface area contributed by atoms with Crippen molar-refractivity contribution in [2.24, 2.45) is 0 Å². The fourth-order valence-corrected chi connectivity index (χ4v) is 3.29. The zero-order chi connectivity index (χ0) is 16.6. The minimum absolute atomic E-state index is 0.126. The van der Waals surface area contributed by atoms with Crippen molar-refractivity contribution in [1.29, 1.82) is 0 Å². The highest BCUT2D eigenvalue weighted by Gasteiger charge is 2.40. The number of aryl methyl sites for hydroxylation is 1. The van der Waals surface area contributed by atoms with E-state index in [0.717, 1.165) is 42.4 Å². The Morgan fingerprint density at radius 3 is 2.83 bits per heavy atom. The van der Waals surface area contributed by atoms with Crippen LogP contribution in [0.3, 0.4) is 0 Å². The third-order valence-corrected chi connectivity index (χ3v) is 4.39. The van der Waals surface area contributed by atoms with Crippen molar-refractivity contribution < 1.29 is 18.0 Å². The first-order chi connectivity index (χ1) is 10.8. The smallest absolute Gasteiger partial charge is 0.332 e. The summed E-state index contributed by atoms with van der Waals surface area (Å²) < 4.78 is 39.4. The molecule has 128 valence electrons. The zero-order valence-corrected chi connectivity index (χ0v) is 12.9. The molecule has 3 heterocycles. The molecule has 9 heteroatoms. The van der Waals surface area contributed by atoms with Gasteiger partial charge >= 0.3 is 6.18 Å². The summed E-state index contributed by atoms with van der Waals surface area (Å²) in [4.78, 5) is 13.0. The number of alkyl halides is 3. The number of nitrogens with zero attached hydrogens (tertiary/aromatic N) is 4. The van der Waals surface area contributed by atoms with Gasteiger partial charge in [-0.15, -0.1) is 10.2 Å². The molecule has 6 nitrogen and oxygen atoms in total. The SMILES string of the molecule is C[C@H](N[C@@H]1CCN(CC(F)(F)F)C1=O)c1nnc2n1CCCC2. The molecule has 0 aliphatic carbocycles. The maximum atomic E-state index is 12.4. The van der Waals surface area contributed by atoms with Gasteiger partial charge in [0.25, 0.3) is 0 Å². The number of hydrogen-bond donors (Lipinski definition) is 1. The molecule has 0 radical (unpaired) electrons. The Balaban J connectivity index is 1.63.